The van der Waals surface area contributed by atoms with E-state index in [2.05, 4.69) is 0 Å². The summed E-state index contributed by atoms with van der Waals surface area (Å²) in [5.74, 6) is 0.836. The minimum atomic E-state index is -1.83. The summed E-state index contributed by atoms with van der Waals surface area (Å²) >= 11 is 17.9. The van der Waals surface area contributed by atoms with E-state index < -0.39 is 6.69 Å². The van der Waals surface area contributed by atoms with Gasteiger partial charge in [-0.2, -0.15) is 0 Å². The van der Waals surface area contributed by atoms with Crippen molar-refractivity contribution in [3.05, 3.63) is 0 Å². The van der Waals surface area contributed by atoms with E-state index >= 15 is 0 Å². The topological polar surface area (TPSA) is 0 Å². The number of halogens is 3. The summed E-state index contributed by atoms with van der Waals surface area (Å²) < 4.78 is 0. The summed E-state index contributed by atoms with van der Waals surface area (Å²) in [6.07, 6.45) is 23.5. The van der Waals surface area contributed by atoms with Crippen LogP contribution in [0.2, 0.25) is 12.6 Å². The van der Waals surface area contributed by atoms with Crippen molar-refractivity contribution < 1.29 is 0 Å². The van der Waals surface area contributed by atoms with Crippen LogP contribution in [0.25, 0.3) is 0 Å². The minimum absolute atomic E-state index is 0.836. The number of rotatable bonds is 19. The molecule has 0 fully saturated rings. The molecule has 0 aliphatic heterocycles. The van der Waals surface area contributed by atoms with Gasteiger partial charge in [0.2, 0.25) is 6.69 Å². The quantitative estimate of drug-likeness (QED) is 0.0852. The molecular weight excluding hydrogens is 375 g/mol. The lowest BCUT2D eigenvalue weighted by molar-refractivity contribution is 0.529. The molecule has 0 atom stereocenters. The molecule has 0 N–H and O–H groups in total. The van der Waals surface area contributed by atoms with Crippen molar-refractivity contribution in [2.45, 2.75) is 122 Å². The molecule has 0 bridgehead atoms. The molecule has 0 aromatic rings. The van der Waals surface area contributed by atoms with Crippen LogP contribution in [0.3, 0.4) is 0 Å². The van der Waals surface area contributed by atoms with Crippen molar-refractivity contribution in [2.75, 3.05) is 5.88 Å². The molecule has 0 radical (unpaired) electrons. The summed E-state index contributed by atoms with van der Waals surface area (Å²) in [4.78, 5) is 0. The maximum Gasteiger partial charge on any atom is 0.248 e. The Balaban J connectivity index is 3.00. The van der Waals surface area contributed by atoms with Gasteiger partial charge in [-0.05, 0) is 19.0 Å². The van der Waals surface area contributed by atoms with Gasteiger partial charge in [0.25, 0.3) is 0 Å². The van der Waals surface area contributed by atoms with Crippen LogP contribution in [0.1, 0.15) is 109 Å². The SMILES string of the molecule is C[Si](Cl)(Cl)CCCCCCCCCCCCCCCCCCCCl. The van der Waals surface area contributed by atoms with Gasteiger partial charge in [-0.25, -0.2) is 0 Å². The lowest BCUT2D eigenvalue weighted by Crippen LogP contribution is -2.11. The largest absolute Gasteiger partial charge is 0.248 e. The minimum Gasteiger partial charge on any atom is -0.146 e. The third kappa shape index (κ3) is 23.1. The molecule has 0 aliphatic carbocycles. The predicted molar refractivity (Wildman–Crippen MR) is 117 cm³/mol. The standard InChI is InChI=1S/C20H41Cl3Si/c1-24(22,23)20-18-16-14-12-10-8-6-4-2-3-5-7-9-11-13-15-17-19-21/h2-20H2,1H3. The van der Waals surface area contributed by atoms with E-state index in [1.807, 2.05) is 6.55 Å². The van der Waals surface area contributed by atoms with Gasteiger partial charge < -0.3 is 0 Å². The first-order chi connectivity index (χ1) is 11.6. The van der Waals surface area contributed by atoms with Crippen molar-refractivity contribution in [3.8, 4) is 0 Å². The molecule has 0 spiro atoms. The number of hydrogen-bond acceptors (Lipinski definition) is 0. The van der Waals surface area contributed by atoms with Crippen LogP contribution in [0.4, 0.5) is 0 Å². The van der Waals surface area contributed by atoms with Gasteiger partial charge >= 0.3 is 0 Å². The van der Waals surface area contributed by atoms with Crippen molar-refractivity contribution in [2.24, 2.45) is 0 Å². The predicted octanol–water partition coefficient (Wildman–Crippen LogP) is 9.41. The number of hydrogen-bond donors (Lipinski definition) is 0. The molecule has 0 unspecified atom stereocenters. The molecule has 0 aromatic heterocycles. The Hall–Kier alpha value is 1.09. The van der Waals surface area contributed by atoms with Gasteiger partial charge in [0.15, 0.2) is 0 Å². The van der Waals surface area contributed by atoms with Crippen molar-refractivity contribution in [1.82, 2.24) is 0 Å². The third-order valence-corrected chi connectivity index (χ3v) is 7.38. The number of unbranched alkanes of at least 4 members (excludes halogenated alkanes) is 16. The van der Waals surface area contributed by atoms with Gasteiger partial charge in [0.1, 0.15) is 0 Å². The van der Waals surface area contributed by atoms with Crippen LogP contribution in [0.5, 0.6) is 0 Å². The molecule has 0 aromatic carbocycles. The smallest absolute Gasteiger partial charge is 0.146 e. The molecule has 4 heteroatoms. The molecule has 0 rings (SSSR count). The van der Waals surface area contributed by atoms with Crippen molar-refractivity contribution in [3.63, 3.8) is 0 Å². The second-order valence-corrected chi connectivity index (χ2v) is 16.1. The Bertz CT molecular complexity index is 242. The number of alkyl halides is 1. The fourth-order valence-electron chi connectivity index (χ4n) is 3.18. The second kappa shape index (κ2) is 18.9. The molecule has 146 valence electrons. The van der Waals surface area contributed by atoms with Crippen LogP contribution in [0, 0.1) is 0 Å². The van der Waals surface area contributed by atoms with E-state index in [4.69, 9.17) is 33.8 Å². The first-order valence-electron chi connectivity index (χ1n) is 10.5. The molecule has 0 heterocycles. The van der Waals surface area contributed by atoms with Crippen LogP contribution in [0.15, 0.2) is 0 Å². The fraction of sp³-hybridized carbons (Fsp3) is 1.00. The second-order valence-electron chi connectivity index (χ2n) is 7.52. The van der Waals surface area contributed by atoms with E-state index in [9.17, 15) is 0 Å². The van der Waals surface area contributed by atoms with Crippen molar-refractivity contribution >= 4 is 40.5 Å². The highest BCUT2D eigenvalue weighted by Gasteiger charge is 2.19. The lowest BCUT2D eigenvalue weighted by Gasteiger charge is -2.09. The normalized spacial score (nSPS) is 12.0. The monoisotopic (exact) mass is 414 g/mol. The third-order valence-electron chi connectivity index (χ3n) is 4.75. The Morgan fingerprint density at radius 2 is 0.708 bits per heavy atom. The average molecular weight is 416 g/mol. The van der Waals surface area contributed by atoms with Crippen LogP contribution in [-0.4, -0.2) is 12.6 Å². The van der Waals surface area contributed by atoms with Gasteiger partial charge in [0, 0.05) is 5.88 Å². The molecule has 0 saturated heterocycles. The first kappa shape index (κ1) is 25.1. The summed E-state index contributed by atoms with van der Waals surface area (Å²) in [6.45, 7) is 0.199. The Kier molecular flexibility index (Phi) is 19.7. The molecule has 0 nitrogen and oxygen atoms in total. The zero-order valence-electron chi connectivity index (χ0n) is 16.1. The van der Waals surface area contributed by atoms with Crippen molar-refractivity contribution in [1.29, 1.82) is 0 Å². The van der Waals surface area contributed by atoms with Gasteiger partial charge in [-0.15, -0.1) is 33.8 Å². The zero-order chi connectivity index (χ0) is 17.9. The Morgan fingerprint density at radius 3 is 0.958 bits per heavy atom. The van der Waals surface area contributed by atoms with E-state index in [1.54, 1.807) is 0 Å². The van der Waals surface area contributed by atoms with Crippen LogP contribution in [-0.2, 0) is 0 Å². The zero-order valence-corrected chi connectivity index (χ0v) is 19.3. The highest BCUT2D eigenvalue weighted by Crippen LogP contribution is 2.23. The first-order valence-corrected chi connectivity index (χ1v) is 15.8. The van der Waals surface area contributed by atoms with Gasteiger partial charge in [-0.3, -0.25) is 0 Å². The molecule has 0 aliphatic rings. The van der Waals surface area contributed by atoms with E-state index in [1.165, 1.54) is 109 Å². The van der Waals surface area contributed by atoms with Crippen LogP contribution >= 0.6 is 33.8 Å². The summed E-state index contributed by atoms with van der Waals surface area (Å²) in [5.41, 5.74) is 0. The van der Waals surface area contributed by atoms with Gasteiger partial charge in [0.05, 0.1) is 0 Å². The Morgan fingerprint density at radius 1 is 0.458 bits per heavy atom. The van der Waals surface area contributed by atoms with Gasteiger partial charge in [-0.1, -0.05) is 103 Å². The maximum atomic E-state index is 6.11. The van der Waals surface area contributed by atoms with E-state index in [0.29, 0.717) is 0 Å². The van der Waals surface area contributed by atoms with Crippen LogP contribution < -0.4 is 0 Å². The molecule has 0 saturated carbocycles. The highest BCUT2D eigenvalue weighted by atomic mass is 35.7. The van der Waals surface area contributed by atoms with E-state index in [0.717, 1.165) is 11.9 Å². The average Bonchev–Trinajstić information content (AvgIpc) is 2.52. The molecular formula is C20H41Cl3Si. The highest BCUT2D eigenvalue weighted by molar-refractivity contribution is 7.44. The summed E-state index contributed by atoms with van der Waals surface area (Å²) in [7, 11) is 0. The summed E-state index contributed by atoms with van der Waals surface area (Å²) in [6, 6.07) is 1.06. The Labute approximate surface area is 167 Å². The maximum absolute atomic E-state index is 6.11. The molecule has 24 heavy (non-hydrogen) atoms. The summed E-state index contributed by atoms with van der Waals surface area (Å²) in [5, 5.41) is 0. The lowest BCUT2D eigenvalue weighted by atomic mass is 10.0. The fourth-order valence-corrected chi connectivity index (χ4v) is 5.04. The molecule has 0 amide bonds. The van der Waals surface area contributed by atoms with E-state index in [-0.39, 0.29) is 0 Å².